The molecule has 0 unspecified atom stereocenters. The lowest BCUT2D eigenvalue weighted by Crippen LogP contribution is -2.31. The van der Waals surface area contributed by atoms with Crippen LogP contribution in [-0.4, -0.2) is 27.2 Å². The van der Waals surface area contributed by atoms with E-state index in [1.807, 2.05) is 65.0 Å². The minimum absolute atomic E-state index is 0.0913. The fraction of sp³-hybridized carbons (Fsp3) is 0.323. The molecular weight excluding hydrogens is 508 g/mol. The number of primary amides is 1. The van der Waals surface area contributed by atoms with Crippen molar-refractivity contribution >= 4 is 23.3 Å². The Morgan fingerprint density at radius 3 is 2.51 bits per heavy atom. The van der Waals surface area contributed by atoms with E-state index < -0.39 is 11.7 Å². The first-order valence-corrected chi connectivity index (χ1v) is 13.9. The molecule has 0 saturated heterocycles. The molecule has 7 nitrogen and oxygen atoms in total. The van der Waals surface area contributed by atoms with E-state index in [1.165, 1.54) is 0 Å². The summed E-state index contributed by atoms with van der Waals surface area (Å²) in [6, 6.07) is 18.3. The number of nitrogens with zero attached hydrogens (tertiary/aromatic N) is 2. The molecule has 0 fully saturated rings. The molecule has 4 aromatic rings. The topological polar surface area (TPSA) is 99.2 Å². The Bertz CT molecular complexity index is 1470. The maximum Gasteiger partial charge on any atom is 0.405 e. The normalized spacial score (nSPS) is 11.4. The fourth-order valence-electron chi connectivity index (χ4n) is 4.68. The molecule has 8 heteroatoms. The summed E-state index contributed by atoms with van der Waals surface area (Å²) in [7, 11) is 0. The molecule has 0 saturated carbocycles. The van der Waals surface area contributed by atoms with Crippen molar-refractivity contribution in [3.8, 4) is 10.6 Å². The average Bonchev–Trinajstić information content (AvgIpc) is 3.47. The first kappa shape index (κ1) is 28.1. The van der Waals surface area contributed by atoms with Crippen molar-refractivity contribution in [2.45, 2.75) is 66.2 Å². The lowest BCUT2D eigenvalue weighted by molar-refractivity contribution is 0.0394. The quantitative estimate of drug-likeness (QED) is 0.244. The van der Waals surface area contributed by atoms with Crippen LogP contribution in [0.3, 0.4) is 0 Å². The lowest BCUT2D eigenvalue weighted by Gasteiger charge is -2.24. The number of hydrogen-bond donors (Lipinski definition) is 2. The number of carbonyl (C=O) groups is 2. The van der Waals surface area contributed by atoms with Crippen LogP contribution < -0.4 is 11.1 Å². The summed E-state index contributed by atoms with van der Waals surface area (Å²) in [5.74, 6) is -0.0913. The van der Waals surface area contributed by atoms with Gasteiger partial charge in [-0.15, -0.1) is 11.3 Å². The molecule has 0 radical (unpaired) electrons. The summed E-state index contributed by atoms with van der Waals surface area (Å²) in [6.07, 6.45) is 0.657. The van der Waals surface area contributed by atoms with E-state index in [2.05, 4.69) is 39.5 Å². The van der Waals surface area contributed by atoms with Crippen molar-refractivity contribution in [1.82, 2.24) is 14.9 Å². The molecule has 0 aliphatic carbocycles. The third-order valence-corrected chi connectivity index (χ3v) is 7.89. The second kappa shape index (κ2) is 11.9. The molecule has 4 rings (SSSR count). The number of nitrogens with one attached hydrogen (secondary N) is 1. The number of rotatable bonds is 10. The van der Waals surface area contributed by atoms with Crippen molar-refractivity contribution in [3.05, 3.63) is 99.3 Å². The summed E-state index contributed by atoms with van der Waals surface area (Å²) < 4.78 is 7.32. The zero-order chi connectivity index (χ0) is 28.2. The number of aromatic nitrogens is 2. The number of amides is 2. The van der Waals surface area contributed by atoms with Crippen LogP contribution in [0, 0.1) is 20.8 Å². The van der Waals surface area contributed by atoms with Crippen LogP contribution in [0.1, 0.15) is 64.4 Å². The Morgan fingerprint density at radius 1 is 1.08 bits per heavy atom. The van der Waals surface area contributed by atoms with Crippen molar-refractivity contribution in [2.75, 3.05) is 0 Å². The minimum Gasteiger partial charge on any atom is -0.444 e. The number of ether oxygens (including phenoxy) is 1. The van der Waals surface area contributed by atoms with E-state index >= 15 is 0 Å². The Hall–Kier alpha value is -3.91. The molecule has 0 aliphatic rings. The van der Waals surface area contributed by atoms with Gasteiger partial charge in [0.25, 0.3) is 5.91 Å². The zero-order valence-electron chi connectivity index (χ0n) is 23.2. The Labute approximate surface area is 234 Å². The van der Waals surface area contributed by atoms with Crippen LogP contribution in [0.25, 0.3) is 10.6 Å². The van der Waals surface area contributed by atoms with Crippen LogP contribution in [0.4, 0.5) is 4.79 Å². The van der Waals surface area contributed by atoms with E-state index in [0.29, 0.717) is 25.1 Å². The van der Waals surface area contributed by atoms with Gasteiger partial charge in [-0.3, -0.25) is 4.79 Å². The number of benzene rings is 2. The maximum absolute atomic E-state index is 13.1. The lowest BCUT2D eigenvalue weighted by atomic mass is 9.96. The van der Waals surface area contributed by atoms with Gasteiger partial charge in [-0.2, -0.15) is 0 Å². The van der Waals surface area contributed by atoms with E-state index in [9.17, 15) is 9.59 Å². The van der Waals surface area contributed by atoms with Crippen LogP contribution in [0.2, 0.25) is 0 Å². The van der Waals surface area contributed by atoms with Gasteiger partial charge in [0.15, 0.2) is 0 Å². The molecule has 0 bridgehead atoms. The number of nitrogens with two attached hydrogens (primary N) is 1. The Balaban J connectivity index is 1.37. The van der Waals surface area contributed by atoms with Gasteiger partial charge in [-0.1, -0.05) is 48.5 Å². The van der Waals surface area contributed by atoms with Gasteiger partial charge in [0.05, 0.1) is 17.8 Å². The van der Waals surface area contributed by atoms with E-state index in [0.717, 1.165) is 50.8 Å². The third-order valence-electron chi connectivity index (χ3n) is 6.95. The van der Waals surface area contributed by atoms with Gasteiger partial charge in [0, 0.05) is 28.9 Å². The van der Waals surface area contributed by atoms with Gasteiger partial charge in [-0.05, 0) is 70.2 Å². The molecule has 0 aliphatic heterocycles. The molecule has 39 heavy (non-hydrogen) atoms. The van der Waals surface area contributed by atoms with E-state index in [1.54, 1.807) is 11.3 Å². The fourth-order valence-corrected chi connectivity index (χ4v) is 5.50. The average molecular weight is 545 g/mol. The van der Waals surface area contributed by atoms with Crippen LogP contribution >= 0.6 is 11.3 Å². The van der Waals surface area contributed by atoms with E-state index in [-0.39, 0.29) is 5.91 Å². The first-order valence-electron chi connectivity index (χ1n) is 13.0. The van der Waals surface area contributed by atoms with Gasteiger partial charge in [0.1, 0.15) is 10.6 Å². The number of aryl methyl sites for hydroxylation is 3. The van der Waals surface area contributed by atoms with Gasteiger partial charge in [-0.25, -0.2) is 9.78 Å². The Kier molecular flexibility index (Phi) is 8.55. The molecular formula is C31H36N4O3S. The summed E-state index contributed by atoms with van der Waals surface area (Å²) in [4.78, 5) is 29.0. The Morgan fingerprint density at radius 2 is 1.82 bits per heavy atom. The zero-order valence-corrected chi connectivity index (χ0v) is 24.0. The molecule has 3 N–H and O–H groups in total. The molecule has 204 valence electrons. The number of carbonyl (C=O) groups excluding carboxylic acids is 2. The summed E-state index contributed by atoms with van der Waals surface area (Å²) in [6.45, 7) is 10.8. The second-order valence-electron chi connectivity index (χ2n) is 10.5. The smallest absolute Gasteiger partial charge is 0.405 e. The van der Waals surface area contributed by atoms with Crippen molar-refractivity contribution < 1.29 is 14.3 Å². The maximum atomic E-state index is 13.1. The largest absolute Gasteiger partial charge is 0.444 e. The van der Waals surface area contributed by atoms with Gasteiger partial charge in [0.2, 0.25) is 0 Å². The highest BCUT2D eigenvalue weighted by atomic mass is 32.1. The molecule has 0 spiro atoms. The minimum atomic E-state index is -0.761. The van der Waals surface area contributed by atoms with Gasteiger partial charge >= 0.3 is 6.09 Å². The molecule has 2 amide bonds. The molecule has 2 heterocycles. The highest BCUT2D eigenvalue weighted by Gasteiger charge is 2.21. The molecule has 0 atom stereocenters. The van der Waals surface area contributed by atoms with Crippen LogP contribution in [0.5, 0.6) is 0 Å². The standard InChI is InChI=1S/C31H36N4O3S/c1-20-15-23(13-14-31(4,5)38-30(32)37)11-12-25(20)17-33-28(36)27-16-21(2)35(22(27)3)18-26-19-39-29(34-26)24-9-7-6-8-10-24/h6-12,15-16,19H,13-14,17-18H2,1-5H3,(H2,32,37)(H,33,36). The highest BCUT2D eigenvalue weighted by Crippen LogP contribution is 2.25. The predicted molar refractivity (Wildman–Crippen MR) is 156 cm³/mol. The molecule has 2 aromatic heterocycles. The first-order chi connectivity index (χ1) is 18.5. The summed E-state index contributed by atoms with van der Waals surface area (Å²) in [5, 5.41) is 6.17. The number of thiazole rings is 1. The monoisotopic (exact) mass is 544 g/mol. The summed E-state index contributed by atoms with van der Waals surface area (Å²) in [5.41, 5.74) is 12.6. The predicted octanol–water partition coefficient (Wildman–Crippen LogP) is 6.32. The van der Waals surface area contributed by atoms with Crippen molar-refractivity contribution in [3.63, 3.8) is 0 Å². The summed E-state index contributed by atoms with van der Waals surface area (Å²) >= 11 is 1.63. The van der Waals surface area contributed by atoms with Crippen LogP contribution in [-0.2, 0) is 24.2 Å². The van der Waals surface area contributed by atoms with Crippen molar-refractivity contribution in [1.29, 1.82) is 0 Å². The van der Waals surface area contributed by atoms with Gasteiger partial charge < -0.3 is 20.4 Å². The van der Waals surface area contributed by atoms with E-state index in [4.69, 9.17) is 15.5 Å². The highest BCUT2D eigenvalue weighted by molar-refractivity contribution is 7.13. The molecule has 2 aromatic carbocycles. The SMILES string of the molecule is Cc1cc(CCC(C)(C)OC(N)=O)ccc1CNC(=O)c1cc(C)n(Cc2csc(-c3ccccc3)n2)c1C. The second-order valence-corrected chi connectivity index (χ2v) is 11.4. The third kappa shape index (κ3) is 7.15. The van der Waals surface area contributed by atoms with Crippen LogP contribution in [0.15, 0.2) is 60.0 Å². The van der Waals surface area contributed by atoms with Crippen molar-refractivity contribution in [2.24, 2.45) is 5.73 Å². The number of hydrogen-bond acceptors (Lipinski definition) is 5.